The maximum Gasteiger partial charge on any atom is 0.319 e. The lowest BCUT2D eigenvalue weighted by Gasteiger charge is -2.15. The Morgan fingerprint density at radius 1 is 0.968 bits per heavy atom. The number of anilines is 1. The van der Waals surface area contributed by atoms with E-state index in [0.29, 0.717) is 28.8 Å². The van der Waals surface area contributed by atoms with Crippen molar-refractivity contribution in [2.24, 2.45) is 0 Å². The standard InChI is InChI=1S/C23H26ClN3O4/c1-14-10-16(15(2)27(14)19-8-6-7-9-20(19)29-3)13-25-23(28)26-18-11-17(24)21(30-4)12-22(18)31-5/h6-12H,13H2,1-5H3,(H2,25,26,28). The number of hydrogen-bond donors (Lipinski definition) is 2. The highest BCUT2D eigenvalue weighted by molar-refractivity contribution is 6.32. The summed E-state index contributed by atoms with van der Waals surface area (Å²) in [5.74, 6) is 1.70. The quantitative estimate of drug-likeness (QED) is 0.533. The molecule has 0 unspecified atom stereocenters. The Morgan fingerprint density at radius 3 is 2.32 bits per heavy atom. The molecule has 0 saturated carbocycles. The first kappa shape index (κ1) is 22.4. The van der Waals surface area contributed by atoms with E-state index >= 15 is 0 Å². The summed E-state index contributed by atoms with van der Waals surface area (Å²) in [6.45, 7) is 4.39. The van der Waals surface area contributed by atoms with Crippen molar-refractivity contribution in [3.8, 4) is 22.9 Å². The van der Waals surface area contributed by atoms with Crippen LogP contribution in [0.4, 0.5) is 10.5 Å². The van der Waals surface area contributed by atoms with Gasteiger partial charge in [0, 0.05) is 24.0 Å². The number of carbonyl (C=O) groups excluding carboxylic acids is 1. The van der Waals surface area contributed by atoms with Crippen molar-refractivity contribution in [2.45, 2.75) is 20.4 Å². The van der Waals surface area contributed by atoms with Crippen LogP contribution < -0.4 is 24.8 Å². The summed E-state index contributed by atoms with van der Waals surface area (Å²) in [6, 6.07) is 12.7. The third-order valence-corrected chi connectivity index (χ3v) is 5.32. The topological polar surface area (TPSA) is 73.8 Å². The van der Waals surface area contributed by atoms with Gasteiger partial charge >= 0.3 is 6.03 Å². The fraction of sp³-hybridized carbons (Fsp3) is 0.261. The minimum atomic E-state index is -0.373. The van der Waals surface area contributed by atoms with E-state index in [0.717, 1.165) is 28.4 Å². The zero-order valence-corrected chi connectivity index (χ0v) is 19.0. The summed E-state index contributed by atoms with van der Waals surface area (Å²) >= 11 is 6.17. The van der Waals surface area contributed by atoms with Crippen molar-refractivity contribution >= 4 is 23.3 Å². The Hall–Kier alpha value is -3.32. The van der Waals surface area contributed by atoms with Crippen LogP contribution in [0.1, 0.15) is 17.0 Å². The molecule has 1 aromatic heterocycles. The van der Waals surface area contributed by atoms with Gasteiger partial charge in [-0.3, -0.25) is 0 Å². The van der Waals surface area contributed by atoms with E-state index in [1.165, 1.54) is 14.2 Å². The number of halogens is 1. The molecule has 0 saturated heterocycles. The molecular weight excluding hydrogens is 418 g/mol. The molecular formula is C23H26ClN3O4. The van der Waals surface area contributed by atoms with Crippen LogP contribution in [0.5, 0.6) is 17.2 Å². The molecule has 31 heavy (non-hydrogen) atoms. The Kier molecular flexibility index (Phi) is 6.97. The van der Waals surface area contributed by atoms with E-state index in [2.05, 4.69) is 15.2 Å². The van der Waals surface area contributed by atoms with Gasteiger partial charge in [0.15, 0.2) is 0 Å². The van der Waals surface area contributed by atoms with Crippen molar-refractivity contribution in [3.63, 3.8) is 0 Å². The Labute approximate surface area is 186 Å². The third-order valence-electron chi connectivity index (χ3n) is 5.02. The highest BCUT2D eigenvalue weighted by Gasteiger charge is 2.16. The van der Waals surface area contributed by atoms with Gasteiger partial charge in [0.1, 0.15) is 17.2 Å². The van der Waals surface area contributed by atoms with Crippen LogP contribution in [0.3, 0.4) is 0 Å². The van der Waals surface area contributed by atoms with Gasteiger partial charge < -0.3 is 29.4 Å². The minimum absolute atomic E-state index is 0.354. The first-order valence-electron chi connectivity index (χ1n) is 9.67. The summed E-state index contributed by atoms with van der Waals surface area (Å²) in [7, 11) is 4.68. The smallest absolute Gasteiger partial charge is 0.319 e. The number of para-hydroxylation sites is 2. The van der Waals surface area contributed by atoms with E-state index < -0.39 is 0 Å². The molecule has 7 nitrogen and oxygen atoms in total. The zero-order chi connectivity index (χ0) is 22.5. The van der Waals surface area contributed by atoms with Crippen molar-refractivity contribution in [1.82, 2.24) is 9.88 Å². The van der Waals surface area contributed by atoms with Crippen LogP contribution in [-0.2, 0) is 6.54 Å². The SMILES string of the molecule is COc1cc(OC)c(NC(=O)NCc2cc(C)n(-c3ccccc3OC)c2C)cc1Cl. The van der Waals surface area contributed by atoms with Crippen molar-refractivity contribution in [2.75, 3.05) is 26.6 Å². The molecule has 0 aliphatic heterocycles. The molecule has 3 aromatic rings. The summed E-state index contributed by atoms with van der Waals surface area (Å²) in [4.78, 5) is 12.5. The number of aromatic nitrogens is 1. The van der Waals surface area contributed by atoms with Crippen LogP contribution in [0.15, 0.2) is 42.5 Å². The summed E-state index contributed by atoms with van der Waals surface area (Å²) < 4.78 is 18.1. The lowest BCUT2D eigenvalue weighted by molar-refractivity contribution is 0.251. The highest BCUT2D eigenvalue weighted by atomic mass is 35.5. The molecule has 164 valence electrons. The van der Waals surface area contributed by atoms with Gasteiger partial charge in [-0.05, 0) is 43.7 Å². The number of hydrogen-bond acceptors (Lipinski definition) is 4. The second-order valence-corrected chi connectivity index (χ2v) is 7.31. The molecule has 2 amide bonds. The number of carbonyl (C=O) groups is 1. The lowest BCUT2D eigenvalue weighted by Crippen LogP contribution is -2.28. The molecule has 2 aromatic carbocycles. The number of methoxy groups -OCH3 is 3. The molecule has 0 aliphatic rings. The summed E-state index contributed by atoms with van der Waals surface area (Å²) in [5, 5.41) is 6.03. The molecule has 0 atom stereocenters. The Bertz CT molecular complexity index is 1090. The second-order valence-electron chi connectivity index (χ2n) is 6.90. The van der Waals surface area contributed by atoms with E-state index in [1.807, 2.05) is 44.2 Å². The Morgan fingerprint density at radius 2 is 1.65 bits per heavy atom. The molecule has 8 heteroatoms. The van der Waals surface area contributed by atoms with Crippen molar-refractivity contribution < 1.29 is 19.0 Å². The molecule has 0 bridgehead atoms. The van der Waals surface area contributed by atoms with Gasteiger partial charge in [-0.15, -0.1) is 0 Å². The van der Waals surface area contributed by atoms with E-state index in [4.69, 9.17) is 25.8 Å². The van der Waals surface area contributed by atoms with Gasteiger partial charge in [-0.2, -0.15) is 0 Å². The van der Waals surface area contributed by atoms with E-state index in [9.17, 15) is 4.79 Å². The fourth-order valence-corrected chi connectivity index (χ4v) is 3.73. The molecule has 0 radical (unpaired) electrons. The number of aryl methyl sites for hydroxylation is 1. The largest absolute Gasteiger partial charge is 0.495 e. The molecule has 0 aliphatic carbocycles. The molecule has 1 heterocycles. The van der Waals surface area contributed by atoms with Gasteiger partial charge in [0.2, 0.25) is 0 Å². The second kappa shape index (κ2) is 9.66. The maximum absolute atomic E-state index is 12.5. The number of urea groups is 1. The predicted octanol–water partition coefficient (Wildman–Crippen LogP) is 5.10. The van der Waals surface area contributed by atoms with Crippen LogP contribution in [0.25, 0.3) is 5.69 Å². The maximum atomic E-state index is 12.5. The lowest BCUT2D eigenvalue weighted by atomic mass is 10.2. The zero-order valence-electron chi connectivity index (χ0n) is 18.2. The van der Waals surface area contributed by atoms with Crippen molar-refractivity contribution in [3.05, 3.63) is 64.4 Å². The first-order valence-corrected chi connectivity index (χ1v) is 10.0. The number of amides is 2. The summed E-state index contributed by atoms with van der Waals surface area (Å²) in [6.07, 6.45) is 0. The average Bonchev–Trinajstić information content (AvgIpc) is 3.05. The number of nitrogens with one attached hydrogen (secondary N) is 2. The molecule has 0 fully saturated rings. The van der Waals surface area contributed by atoms with E-state index in [-0.39, 0.29) is 6.03 Å². The molecule has 3 rings (SSSR count). The van der Waals surface area contributed by atoms with Crippen molar-refractivity contribution in [1.29, 1.82) is 0 Å². The molecule has 0 spiro atoms. The average molecular weight is 444 g/mol. The van der Waals surface area contributed by atoms with Crippen LogP contribution in [0.2, 0.25) is 5.02 Å². The molecule has 2 N–H and O–H groups in total. The number of rotatable bonds is 7. The third kappa shape index (κ3) is 4.72. The van der Waals surface area contributed by atoms with Crippen LogP contribution in [0, 0.1) is 13.8 Å². The summed E-state index contributed by atoms with van der Waals surface area (Å²) in [5.41, 5.74) is 4.46. The van der Waals surface area contributed by atoms with Crippen LogP contribution in [-0.4, -0.2) is 31.9 Å². The van der Waals surface area contributed by atoms with Gasteiger partial charge in [-0.25, -0.2) is 4.79 Å². The monoisotopic (exact) mass is 443 g/mol. The fourth-order valence-electron chi connectivity index (χ4n) is 3.49. The Balaban J connectivity index is 1.75. The normalized spacial score (nSPS) is 10.5. The van der Waals surface area contributed by atoms with Gasteiger partial charge in [0.05, 0.1) is 37.7 Å². The number of nitrogens with zero attached hydrogens (tertiary/aromatic N) is 1. The number of benzene rings is 2. The van der Waals surface area contributed by atoms with Gasteiger partial charge in [-0.1, -0.05) is 23.7 Å². The predicted molar refractivity (Wildman–Crippen MR) is 122 cm³/mol. The highest BCUT2D eigenvalue weighted by Crippen LogP contribution is 2.36. The van der Waals surface area contributed by atoms with Crippen LogP contribution >= 0.6 is 11.6 Å². The van der Waals surface area contributed by atoms with Gasteiger partial charge in [0.25, 0.3) is 0 Å². The number of ether oxygens (including phenoxy) is 3. The van der Waals surface area contributed by atoms with E-state index in [1.54, 1.807) is 19.2 Å². The minimum Gasteiger partial charge on any atom is -0.495 e. The first-order chi connectivity index (χ1) is 14.9.